The predicted octanol–water partition coefficient (Wildman–Crippen LogP) is 16.3. The number of hydrogen-bond acceptors (Lipinski definition) is 1. The Kier molecular flexibility index (Phi) is 8.49. The van der Waals surface area contributed by atoms with Crippen LogP contribution in [-0.2, 0) is 10.8 Å². The van der Waals surface area contributed by atoms with Crippen LogP contribution in [-0.4, -0.2) is 0 Å². The Morgan fingerprint density at radius 2 is 0.857 bits per heavy atom. The van der Waals surface area contributed by atoms with Crippen LogP contribution in [0.5, 0.6) is 0 Å². The van der Waals surface area contributed by atoms with Crippen LogP contribution in [0, 0.1) is 0 Å². The van der Waals surface area contributed by atoms with Gasteiger partial charge >= 0.3 is 0 Å². The molecule has 10 aromatic rings. The third kappa shape index (κ3) is 5.63. The summed E-state index contributed by atoms with van der Waals surface area (Å²) >= 11 is 0. The lowest BCUT2D eigenvalue weighted by molar-refractivity contribution is 0.660. The van der Waals surface area contributed by atoms with Crippen LogP contribution in [0.1, 0.15) is 47.2 Å². The quantitative estimate of drug-likeness (QED) is 0.155. The zero-order valence-corrected chi connectivity index (χ0v) is 35.5. The number of nitrogens with zero attached hydrogens (tertiary/aromatic N) is 1. The average molecular weight is 804 g/mol. The van der Waals surface area contributed by atoms with E-state index >= 15 is 0 Å². The van der Waals surface area contributed by atoms with E-state index in [4.69, 9.17) is 0 Å². The molecular weight excluding hydrogens is 759 g/mol. The van der Waals surface area contributed by atoms with Crippen molar-refractivity contribution in [3.8, 4) is 44.5 Å². The maximum absolute atomic E-state index is 2.48. The van der Waals surface area contributed by atoms with Crippen LogP contribution in [0.4, 0.5) is 17.1 Å². The molecule has 0 bridgehead atoms. The lowest BCUT2D eigenvalue weighted by Crippen LogP contribution is -2.28. The van der Waals surface area contributed by atoms with Crippen LogP contribution < -0.4 is 4.90 Å². The van der Waals surface area contributed by atoms with E-state index in [-0.39, 0.29) is 5.41 Å². The van der Waals surface area contributed by atoms with Crippen molar-refractivity contribution in [2.75, 3.05) is 4.90 Å². The van der Waals surface area contributed by atoms with Gasteiger partial charge in [0.2, 0.25) is 0 Å². The molecule has 0 heterocycles. The zero-order chi connectivity index (χ0) is 42.1. The Morgan fingerprint density at radius 1 is 0.333 bits per heavy atom. The zero-order valence-electron chi connectivity index (χ0n) is 35.5. The summed E-state index contributed by atoms with van der Waals surface area (Å²) in [4.78, 5) is 2.48. The third-order valence-electron chi connectivity index (χ3n) is 14.0. The minimum Gasteiger partial charge on any atom is -0.310 e. The van der Waals surface area contributed by atoms with Crippen molar-refractivity contribution in [3.63, 3.8) is 0 Å². The molecule has 1 heteroatoms. The SMILES string of the molecule is CC1(C)c2ccccc2-c2ccc(N(c3ccc(-c4ccc5c(c4)C(c4ccccc4)(c4ccccc4)c4ccccc4-5)cc3)c3ccc4ccccc4c3-c3ccccc3)cc21. The highest BCUT2D eigenvalue weighted by Gasteiger charge is 2.46. The fraction of sp³-hybridized carbons (Fsp3) is 0.0645. The minimum absolute atomic E-state index is 0.134. The molecule has 12 rings (SSSR count). The maximum Gasteiger partial charge on any atom is 0.0713 e. The minimum atomic E-state index is -0.452. The summed E-state index contributed by atoms with van der Waals surface area (Å²) in [6, 6.07) is 87.8. The topological polar surface area (TPSA) is 3.24 Å². The van der Waals surface area contributed by atoms with Crippen LogP contribution in [0.25, 0.3) is 55.3 Å². The van der Waals surface area contributed by atoms with Gasteiger partial charge in [-0.1, -0.05) is 214 Å². The Labute approximate surface area is 370 Å². The lowest BCUT2D eigenvalue weighted by Gasteiger charge is -2.34. The molecule has 0 amide bonds. The van der Waals surface area contributed by atoms with Crippen molar-refractivity contribution in [1.29, 1.82) is 0 Å². The van der Waals surface area contributed by atoms with Gasteiger partial charge in [-0.15, -0.1) is 0 Å². The number of rotatable bonds is 7. The van der Waals surface area contributed by atoms with E-state index in [0.717, 1.165) is 17.1 Å². The van der Waals surface area contributed by atoms with Gasteiger partial charge in [0.25, 0.3) is 0 Å². The molecule has 2 aliphatic carbocycles. The molecular formula is C62H45N. The molecule has 0 atom stereocenters. The van der Waals surface area contributed by atoms with Crippen molar-refractivity contribution in [3.05, 3.63) is 270 Å². The van der Waals surface area contributed by atoms with E-state index in [0.29, 0.717) is 0 Å². The molecule has 0 saturated carbocycles. The summed E-state index contributed by atoms with van der Waals surface area (Å²) < 4.78 is 0. The lowest BCUT2D eigenvalue weighted by atomic mass is 9.67. The fourth-order valence-corrected chi connectivity index (χ4v) is 11.0. The molecule has 0 saturated heterocycles. The maximum atomic E-state index is 2.48. The Balaban J connectivity index is 1.04. The van der Waals surface area contributed by atoms with Gasteiger partial charge in [0, 0.05) is 22.4 Å². The summed E-state index contributed by atoms with van der Waals surface area (Å²) in [6.07, 6.45) is 0. The van der Waals surface area contributed by atoms with Gasteiger partial charge in [0.15, 0.2) is 0 Å². The smallest absolute Gasteiger partial charge is 0.0713 e. The van der Waals surface area contributed by atoms with E-state index in [9.17, 15) is 0 Å². The van der Waals surface area contributed by atoms with Crippen LogP contribution in [0.15, 0.2) is 237 Å². The van der Waals surface area contributed by atoms with Crippen LogP contribution in [0.3, 0.4) is 0 Å². The highest BCUT2D eigenvalue weighted by molar-refractivity contribution is 6.05. The summed E-state index contributed by atoms with van der Waals surface area (Å²) in [5.41, 5.74) is 20.7. The summed E-state index contributed by atoms with van der Waals surface area (Å²) in [5, 5.41) is 2.46. The summed E-state index contributed by atoms with van der Waals surface area (Å²) in [7, 11) is 0. The number of hydrogen-bond donors (Lipinski definition) is 0. The molecule has 2 aliphatic rings. The normalized spacial score (nSPS) is 13.8. The molecule has 0 spiro atoms. The second kappa shape index (κ2) is 14.4. The van der Waals surface area contributed by atoms with E-state index < -0.39 is 5.41 Å². The molecule has 298 valence electrons. The highest BCUT2D eigenvalue weighted by atomic mass is 15.1. The first-order valence-corrected chi connectivity index (χ1v) is 22.1. The summed E-state index contributed by atoms with van der Waals surface area (Å²) in [6.45, 7) is 4.73. The van der Waals surface area contributed by atoms with Gasteiger partial charge < -0.3 is 4.90 Å². The van der Waals surface area contributed by atoms with Gasteiger partial charge in [-0.25, -0.2) is 0 Å². The molecule has 0 N–H and O–H groups in total. The molecule has 1 nitrogen and oxygen atoms in total. The van der Waals surface area contributed by atoms with Crippen LogP contribution in [0.2, 0.25) is 0 Å². The average Bonchev–Trinajstić information content (AvgIpc) is 3.77. The molecule has 0 aliphatic heterocycles. The van der Waals surface area contributed by atoms with Gasteiger partial charge in [0.1, 0.15) is 0 Å². The van der Waals surface area contributed by atoms with Crippen LogP contribution >= 0.6 is 0 Å². The first kappa shape index (κ1) is 37.1. The van der Waals surface area contributed by atoms with Gasteiger partial charge in [-0.05, 0) is 119 Å². The Bertz CT molecular complexity index is 3310. The van der Waals surface area contributed by atoms with E-state index in [2.05, 4.69) is 255 Å². The Morgan fingerprint density at radius 3 is 1.57 bits per heavy atom. The monoisotopic (exact) mass is 803 g/mol. The molecule has 0 fully saturated rings. The number of fused-ring (bicyclic) bond motifs is 7. The molecule has 0 aromatic heterocycles. The second-order valence-electron chi connectivity index (χ2n) is 17.6. The standard InChI is InChI=1S/C62H45N/c1-61(2)55-28-16-14-26-51(55)53-38-36-49(41-57(53)61)63(59-39-33-43-18-12-13-25-50(43)60(59)44-19-6-3-7-20-44)48-34-30-42(31-35-48)45-32-37-54-52-27-15-17-29-56(52)62(58(54)40-45,46-21-8-4-9-22-46)47-23-10-5-11-24-47/h3-41H,1-2H3. The van der Waals surface area contributed by atoms with Crippen molar-refractivity contribution in [2.24, 2.45) is 0 Å². The third-order valence-corrected chi connectivity index (χ3v) is 14.0. The summed E-state index contributed by atoms with van der Waals surface area (Å²) in [5.74, 6) is 0. The number of benzene rings is 10. The predicted molar refractivity (Wildman–Crippen MR) is 264 cm³/mol. The van der Waals surface area contributed by atoms with E-state index in [1.807, 2.05) is 0 Å². The van der Waals surface area contributed by atoms with Crippen molar-refractivity contribution in [1.82, 2.24) is 0 Å². The van der Waals surface area contributed by atoms with Crippen molar-refractivity contribution in [2.45, 2.75) is 24.7 Å². The second-order valence-corrected chi connectivity index (χ2v) is 17.6. The molecule has 63 heavy (non-hydrogen) atoms. The first-order chi connectivity index (χ1) is 31.0. The van der Waals surface area contributed by atoms with Crippen molar-refractivity contribution < 1.29 is 0 Å². The van der Waals surface area contributed by atoms with Crippen molar-refractivity contribution >= 4 is 27.8 Å². The van der Waals surface area contributed by atoms with E-state index in [1.54, 1.807) is 0 Å². The van der Waals surface area contributed by atoms with Gasteiger partial charge in [-0.3, -0.25) is 0 Å². The van der Waals surface area contributed by atoms with E-state index in [1.165, 1.54) is 88.7 Å². The van der Waals surface area contributed by atoms with Gasteiger partial charge in [-0.2, -0.15) is 0 Å². The fourth-order valence-electron chi connectivity index (χ4n) is 11.0. The Hall–Kier alpha value is -7.74. The molecule has 0 radical (unpaired) electrons. The number of anilines is 3. The molecule has 10 aromatic carbocycles. The van der Waals surface area contributed by atoms with Gasteiger partial charge in [0.05, 0.1) is 11.1 Å². The highest BCUT2D eigenvalue weighted by Crippen LogP contribution is 2.57. The largest absolute Gasteiger partial charge is 0.310 e. The molecule has 0 unspecified atom stereocenters. The first-order valence-electron chi connectivity index (χ1n) is 22.1.